The van der Waals surface area contributed by atoms with E-state index in [0.29, 0.717) is 7.11 Å². The number of hydrogen-bond acceptors (Lipinski definition) is 10. The van der Waals surface area contributed by atoms with Crippen LogP contribution in [0.2, 0.25) is 5.02 Å². The van der Waals surface area contributed by atoms with Crippen molar-refractivity contribution in [2.75, 3.05) is 12.4 Å². The van der Waals surface area contributed by atoms with Gasteiger partial charge in [0.05, 0.1) is 33.7 Å². The highest BCUT2D eigenvalue weighted by Gasteiger charge is 2.64. The number of halogens is 4. The van der Waals surface area contributed by atoms with Gasteiger partial charge in [0.1, 0.15) is 4.21 Å². The average molecular weight is 579 g/mol. The third-order valence-corrected chi connectivity index (χ3v) is 8.21. The number of amides is 1. The molecular formula is C20H14ClF3N4O7S2. The second kappa shape index (κ2) is 10.3. The maximum atomic E-state index is 14.3. The molecule has 1 heterocycles. The summed E-state index contributed by atoms with van der Waals surface area (Å²) >= 11 is 6.09. The quantitative estimate of drug-likeness (QED) is 0.175. The lowest BCUT2D eigenvalue weighted by Crippen LogP contribution is -2.69. The molecule has 17 heteroatoms. The van der Waals surface area contributed by atoms with E-state index in [4.69, 9.17) is 11.6 Å². The maximum Gasteiger partial charge on any atom is 0.442 e. The first-order valence-corrected chi connectivity index (χ1v) is 12.4. The van der Waals surface area contributed by atoms with Crippen LogP contribution in [0.5, 0.6) is 0 Å². The molecule has 0 saturated carbocycles. The molecule has 196 valence electrons. The van der Waals surface area contributed by atoms with Crippen LogP contribution in [0, 0.1) is 10.1 Å². The Morgan fingerprint density at radius 1 is 1.14 bits per heavy atom. The van der Waals surface area contributed by atoms with Crippen molar-refractivity contribution >= 4 is 55.5 Å². The molecule has 0 unspecified atom stereocenters. The van der Waals surface area contributed by atoms with Crippen LogP contribution >= 0.6 is 22.9 Å². The fraction of sp³-hybridized carbons (Fsp3) is 0.150. The Hall–Kier alpha value is -3.76. The molecule has 2 aromatic carbocycles. The number of nitro benzene ring substituents is 1. The van der Waals surface area contributed by atoms with Crippen molar-refractivity contribution in [3.8, 4) is 0 Å². The number of hydrogen-bond donors (Lipinski definition) is 2. The van der Waals surface area contributed by atoms with Gasteiger partial charge in [0.2, 0.25) is 9.84 Å². The fourth-order valence-electron chi connectivity index (χ4n) is 2.89. The van der Waals surface area contributed by atoms with Gasteiger partial charge >= 0.3 is 17.8 Å². The van der Waals surface area contributed by atoms with Crippen LogP contribution in [0.1, 0.15) is 10.4 Å². The zero-order chi connectivity index (χ0) is 27.6. The van der Waals surface area contributed by atoms with E-state index in [1.165, 1.54) is 18.2 Å². The van der Waals surface area contributed by atoms with Crippen LogP contribution in [-0.4, -0.2) is 49.2 Å². The number of carbonyl (C=O) groups excluding carboxylic acids is 2. The van der Waals surface area contributed by atoms with E-state index in [1.807, 2.05) is 0 Å². The Labute approximate surface area is 215 Å². The van der Waals surface area contributed by atoms with Crippen molar-refractivity contribution < 1.29 is 40.8 Å². The van der Waals surface area contributed by atoms with E-state index >= 15 is 0 Å². The lowest BCUT2D eigenvalue weighted by atomic mass is 10.1. The molecule has 3 rings (SSSR count). The summed E-state index contributed by atoms with van der Waals surface area (Å²) < 4.78 is 72.3. The standard InChI is InChI=1S/C20H14ClF3N4O7S2/c1-35-17(30)19(20(22,23)24,26-16(29)13-4-2-3-5-14(13)21)27-18-25-10-15(36-18)37(33,34)12-8-6-11(7-9-12)28(31)32/h2-10H,1H3,(H,25,27)(H,26,29)/t19-/m0/s1. The monoisotopic (exact) mass is 578 g/mol. The van der Waals surface area contributed by atoms with Gasteiger partial charge in [-0.2, -0.15) is 13.2 Å². The van der Waals surface area contributed by atoms with Crippen molar-refractivity contribution in [2.24, 2.45) is 0 Å². The number of carbonyl (C=O) groups is 2. The molecule has 0 spiro atoms. The van der Waals surface area contributed by atoms with Crippen LogP contribution in [-0.2, 0) is 19.4 Å². The Balaban J connectivity index is 2.01. The number of thiazole rings is 1. The predicted molar refractivity (Wildman–Crippen MR) is 124 cm³/mol. The molecule has 0 bridgehead atoms. The number of nitro groups is 1. The number of ether oxygens (including phenoxy) is 1. The third-order valence-electron chi connectivity index (χ3n) is 4.74. The van der Waals surface area contributed by atoms with E-state index in [2.05, 4.69) is 9.72 Å². The summed E-state index contributed by atoms with van der Waals surface area (Å²) in [4.78, 5) is 38.3. The number of benzene rings is 2. The molecule has 0 saturated heterocycles. The molecule has 1 atom stereocenters. The summed E-state index contributed by atoms with van der Waals surface area (Å²) in [5.74, 6) is -3.37. The van der Waals surface area contributed by atoms with Crippen LogP contribution in [0.15, 0.2) is 63.8 Å². The first kappa shape index (κ1) is 27.8. The molecule has 37 heavy (non-hydrogen) atoms. The van der Waals surface area contributed by atoms with Gasteiger partial charge in [0, 0.05) is 12.1 Å². The average Bonchev–Trinajstić information content (AvgIpc) is 3.32. The molecule has 3 aromatic rings. The smallest absolute Gasteiger partial charge is 0.442 e. The minimum absolute atomic E-state index is 0.202. The van der Waals surface area contributed by atoms with Gasteiger partial charge in [0.15, 0.2) is 5.13 Å². The summed E-state index contributed by atoms with van der Waals surface area (Å²) in [6.07, 6.45) is -4.79. The number of rotatable bonds is 8. The van der Waals surface area contributed by atoms with Crippen molar-refractivity contribution in [2.45, 2.75) is 20.9 Å². The van der Waals surface area contributed by atoms with E-state index < -0.39 is 52.7 Å². The van der Waals surface area contributed by atoms with Crippen molar-refractivity contribution in [1.29, 1.82) is 0 Å². The molecule has 1 aromatic heterocycles. The summed E-state index contributed by atoms with van der Waals surface area (Å²) in [6.45, 7) is 0. The zero-order valence-electron chi connectivity index (χ0n) is 18.3. The van der Waals surface area contributed by atoms with E-state index in [0.717, 1.165) is 36.5 Å². The van der Waals surface area contributed by atoms with Crippen LogP contribution < -0.4 is 10.6 Å². The Bertz CT molecular complexity index is 1460. The van der Waals surface area contributed by atoms with Crippen molar-refractivity contribution in [3.05, 3.63) is 75.4 Å². The third kappa shape index (κ3) is 5.50. The number of sulfone groups is 1. The highest BCUT2D eigenvalue weighted by molar-refractivity contribution is 7.93. The Morgan fingerprint density at radius 3 is 2.30 bits per heavy atom. The molecule has 0 radical (unpaired) electrons. The van der Waals surface area contributed by atoms with Crippen molar-refractivity contribution in [3.63, 3.8) is 0 Å². The molecule has 0 aliphatic rings. The van der Waals surface area contributed by atoms with Gasteiger partial charge in [-0.25, -0.2) is 18.2 Å². The zero-order valence-corrected chi connectivity index (χ0v) is 20.7. The first-order valence-electron chi connectivity index (χ1n) is 9.68. The summed E-state index contributed by atoms with van der Waals surface area (Å²) in [7, 11) is -3.71. The van der Waals surface area contributed by atoms with Crippen molar-refractivity contribution in [1.82, 2.24) is 10.3 Å². The number of methoxy groups -OCH3 is 1. The van der Waals surface area contributed by atoms with Crippen LogP contribution in [0.3, 0.4) is 0 Å². The Morgan fingerprint density at radius 2 is 1.76 bits per heavy atom. The van der Waals surface area contributed by atoms with Crippen LogP contribution in [0.4, 0.5) is 24.0 Å². The van der Waals surface area contributed by atoms with Gasteiger partial charge in [-0.1, -0.05) is 35.1 Å². The summed E-state index contributed by atoms with van der Waals surface area (Å²) in [5.41, 5.74) is -4.65. The molecule has 11 nitrogen and oxygen atoms in total. The van der Waals surface area contributed by atoms with Gasteiger partial charge in [0.25, 0.3) is 11.6 Å². The SMILES string of the molecule is COC(=O)[C@](NC(=O)c1ccccc1Cl)(Nc1ncc(S(=O)(=O)c2ccc([N+](=O)[O-])cc2)s1)C(F)(F)F. The first-order chi connectivity index (χ1) is 17.2. The van der Waals surface area contributed by atoms with E-state index in [9.17, 15) is 41.3 Å². The largest absolute Gasteiger partial charge is 0.466 e. The van der Waals surface area contributed by atoms with Gasteiger partial charge in [-0.15, -0.1) is 0 Å². The van der Waals surface area contributed by atoms with E-state index in [1.54, 1.807) is 10.6 Å². The van der Waals surface area contributed by atoms with Crippen LogP contribution in [0.25, 0.3) is 0 Å². The number of nitrogens with one attached hydrogen (secondary N) is 2. The normalized spacial score (nSPS) is 13.3. The second-order valence-electron chi connectivity index (χ2n) is 7.04. The number of nitrogens with zero attached hydrogens (tertiary/aromatic N) is 2. The predicted octanol–water partition coefficient (Wildman–Crippen LogP) is 3.81. The van der Waals surface area contributed by atoms with Gasteiger partial charge in [-0.05, 0) is 24.3 Å². The molecule has 2 N–H and O–H groups in total. The summed E-state index contributed by atoms with van der Waals surface area (Å²) in [6, 6.07) is 8.88. The fourth-order valence-corrected chi connectivity index (χ4v) is 5.60. The highest BCUT2D eigenvalue weighted by atomic mass is 35.5. The number of esters is 1. The number of anilines is 1. The lowest BCUT2D eigenvalue weighted by molar-refractivity contribution is -0.384. The van der Waals surface area contributed by atoms with E-state index in [-0.39, 0.29) is 27.6 Å². The molecule has 0 fully saturated rings. The number of alkyl halides is 3. The highest BCUT2D eigenvalue weighted by Crippen LogP contribution is 2.36. The molecule has 1 amide bonds. The number of aromatic nitrogens is 1. The van der Waals surface area contributed by atoms with Gasteiger partial charge in [-0.3, -0.25) is 14.9 Å². The minimum atomic E-state index is -5.51. The molecule has 0 aliphatic carbocycles. The summed E-state index contributed by atoms with van der Waals surface area (Å²) in [5, 5.41) is 13.2. The Kier molecular flexibility index (Phi) is 7.75. The molecule has 0 aliphatic heterocycles. The topological polar surface area (TPSA) is 158 Å². The lowest BCUT2D eigenvalue weighted by Gasteiger charge is -2.34. The maximum absolute atomic E-state index is 14.3. The van der Waals surface area contributed by atoms with Gasteiger partial charge < -0.3 is 15.4 Å². The molecular weight excluding hydrogens is 565 g/mol. The minimum Gasteiger partial charge on any atom is -0.466 e. The second-order valence-corrected chi connectivity index (χ2v) is 10.7. The number of non-ortho nitro benzene ring substituents is 1.